The molecule has 0 aliphatic carbocycles. The molecule has 8 nitrogen and oxygen atoms in total. The molecule has 2 heterocycles. The number of carbonyl (C=O) groups excluding carboxylic acids is 1. The summed E-state index contributed by atoms with van der Waals surface area (Å²) in [4.78, 5) is 39.4. The van der Waals surface area contributed by atoms with Crippen molar-refractivity contribution in [2.75, 3.05) is 13.7 Å². The minimum atomic E-state index is -0.623. The number of nitrogens with one attached hydrogen (secondary N) is 2. The van der Waals surface area contributed by atoms with Gasteiger partial charge in [-0.15, -0.1) is 0 Å². The highest BCUT2D eigenvalue weighted by Crippen LogP contribution is 2.16. The Labute approximate surface area is 149 Å². The lowest BCUT2D eigenvalue weighted by atomic mass is 10.2. The van der Waals surface area contributed by atoms with E-state index in [2.05, 4.69) is 10.3 Å². The van der Waals surface area contributed by atoms with E-state index in [1.165, 1.54) is 0 Å². The summed E-state index contributed by atoms with van der Waals surface area (Å²) in [5.41, 5.74) is -0.501. The first-order chi connectivity index (χ1) is 12.6. The number of nitrogens with zero attached hydrogens (tertiary/aromatic N) is 1. The van der Waals surface area contributed by atoms with Gasteiger partial charge in [-0.1, -0.05) is 18.2 Å². The molecule has 26 heavy (non-hydrogen) atoms. The van der Waals surface area contributed by atoms with Gasteiger partial charge in [0.15, 0.2) is 0 Å². The summed E-state index contributed by atoms with van der Waals surface area (Å²) in [6.07, 6.45) is 2.65. The van der Waals surface area contributed by atoms with E-state index in [0.717, 1.165) is 29.2 Å². The van der Waals surface area contributed by atoms with E-state index in [1.807, 2.05) is 18.2 Å². The molecular formula is C18H21N3O5. The molecule has 1 aromatic carbocycles. The summed E-state index contributed by atoms with van der Waals surface area (Å²) in [6.45, 7) is 0.964. The number of amides is 1. The van der Waals surface area contributed by atoms with Crippen LogP contribution < -0.4 is 21.3 Å². The molecule has 0 saturated carbocycles. The minimum Gasteiger partial charge on any atom is -0.496 e. The molecule has 1 amide bonds. The highest BCUT2D eigenvalue weighted by Gasteiger charge is 2.20. The van der Waals surface area contributed by atoms with Crippen LogP contribution in [0.15, 0.2) is 40.1 Å². The SMILES string of the molecule is COc1ccccc1CNC(=O)c1c[nH]c(=O)n(CC2CCCO2)c1=O. The first kappa shape index (κ1) is 17.9. The topological polar surface area (TPSA) is 102 Å². The Hall–Kier alpha value is -2.87. The van der Waals surface area contributed by atoms with Crippen molar-refractivity contribution in [2.24, 2.45) is 0 Å². The molecule has 1 atom stereocenters. The molecule has 1 fully saturated rings. The van der Waals surface area contributed by atoms with Gasteiger partial charge in [-0.3, -0.25) is 14.2 Å². The summed E-state index contributed by atoms with van der Waals surface area (Å²) in [5, 5.41) is 2.69. The predicted octanol–water partition coefficient (Wildman–Crippen LogP) is 0.654. The van der Waals surface area contributed by atoms with E-state index < -0.39 is 17.2 Å². The maximum atomic E-state index is 12.6. The third-order valence-electron chi connectivity index (χ3n) is 4.35. The van der Waals surface area contributed by atoms with Crippen LogP contribution in [0.25, 0.3) is 0 Å². The van der Waals surface area contributed by atoms with Crippen LogP contribution in [0, 0.1) is 0 Å². The molecule has 1 unspecified atom stereocenters. The van der Waals surface area contributed by atoms with E-state index in [0.29, 0.717) is 12.4 Å². The number of aromatic amines is 1. The van der Waals surface area contributed by atoms with Crippen LogP contribution >= 0.6 is 0 Å². The standard InChI is InChI=1S/C18H21N3O5/c1-25-15-7-3-2-5-12(15)9-19-16(22)14-10-20-18(24)21(17(14)23)11-13-6-4-8-26-13/h2-3,5,7,10,13H,4,6,8-9,11H2,1H3,(H,19,22)(H,20,24). The number of methoxy groups -OCH3 is 1. The average Bonchev–Trinajstić information content (AvgIpc) is 3.16. The molecule has 1 aliphatic rings. The Morgan fingerprint density at radius 3 is 2.92 bits per heavy atom. The molecule has 3 rings (SSSR count). The highest BCUT2D eigenvalue weighted by atomic mass is 16.5. The molecule has 0 spiro atoms. The second-order valence-corrected chi connectivity index (χ2v) is 6.05. The first-order valence-electron chi connectivity index (χ1n) is 8.44. The normalized spacial score (nSPS) is 16.4. The van der Waals surface area contributed by atoms with E-state index in [4.69, 9.17) is 9.47 Å². The number of hydrogen-bond acceptors (Lipinski definition) is 5. The van der Waals surface area contributed by atoms with Crippen LogP contribution in [0.2, 0.25) is 0 Å². The lowest BCUT2D eigenvalue weighted by molar-refractivity contribution is 0.0921. The number of carbonyl (C=O) groups is 1. The minimum absolute atomic E-state index is 0.113. The van der Waals surface area contributed by atoms with Gasteiger partial charge in [-0.05, 0) is 18.9 Å². The number of ether oxygens (including phenoxy) is 2. The smallest absolute Gasteiger partial charge is 0.328 e. The predicted molar refractivity (Wildman–Crippen MR) is 94.5 cm³/mol. The second kappa shape index (κ2) is 8.01. The molecule has 0 radical (unpaired) electrons. The zero-order valence-electron chi connectivity index (χ0n) is 14.5. The van der Waals surface area contributed by atoms with Crippen LogP contribution in [0.3, 0.4) is 0 Å². The van der Waals surface area contributed by atoms with Gasteiger partial charge in [0, 0.05) is 24.9 Å². The molecule has 0 bridgehead atoms. The summed E-state index contributed by atoms with van der Waals surface area (Å²) in [5.74, 6) is 0.0864. The average molecular weight is 359 g/mol. The molecule has 8 heteroatoms. The van der Waals surface area contributed by atoms with Crippen molar-refractivity contribution in [3.05, 3.63) is 62.4 Å². The van der Waals surface area contributed by atoms with Crippen LogP contribution in [-0.4, -0.2) is 35.3 Å². The number of rotatable bonds is 6. The Morgan fingerprint density at radius 2 is 2.19 bits per heavy atom. The molecule has 1 aliphatic heterocycles. The summed E-state index contributed by atoms with van der Waals surface area (Å²) >= 11 is 0. The molecule has 2 aromatic rings. The Balaban J connectivity index is 1.77. The van der Waals surface area contributed by atoms with Crippen LogP contribution in [0.1, 0.15) is 28.8 Å². The third-order valence-corrected chi connectivity index (χ3v) is 4.35. The zero-order chi connectivity index (χ0) is 18.5. The van der Waals surface area contributed by atoms with E-state index in [-0.39, 0.29) is 24.8 Å². The van der Waals surface area contributed by atoms with Crippen molar-refractivity contribution in [1.82, 2.24) is 14.9 Å². The van der Waals surface area contributed by atoms with E-state index >= 15 is 0 Å². The van der Waals surface area contributed by atoms with Crippen LogP contribution in [-0.2, 0) is 17.8 Å². The molecule has 138 valence electrons. The maximum Gasteiger partial charge on any atom is 0.328 e. The number of para-hydroxylation sites is 1. The largest absolute Gasteiger partial charge is 0.496 e. The number of hydrogen-bond donors (Lipinski definition) is 2. The van der Waals surface area contributed by atoms with E-state index in [9.17, 15) is 14.4 Å². The number of aromatic nitrogens is 2. The maximum absolute atomic E-state index is 12.6. The Kier molecular flexibility index (Phi) is 5.52. The van der Waals surface area contributed by atoms with Crippen LogP contribution in [0.5, 0.6) is 5.75 Å². The molecule has 2 N–H and O–H groups in total. The van der Waals surface area contributed by atoms with Crippen molar-refractivity contribution in [3.63, 3.8) is 0 Å². The Morgan fingerprint density at radius 1 is 1.38 bits per heavy atom. The van der Waals surface area contributed by atoms with Crippen molar-refractivity contribution in [3.8, 4) is 5.75 Å². The fraction of sp³-hybridized carbons (Fsp3) is 0.389. The summed E-state index contributed by atoms with van der Waals surface area (Å²) in [6, 6.07) is 7.27. The van der Waals surface area contributed by atoms with Crippen molar-refractivity contribution in [1.29, 1.82) is 0 Å². The van der Waals surface area contributed by atoms with Gasteiger partial charge in [0.1, 0.15) is 11.3 Å². The molecule has 1 aromatic heterocycles. The first-order valence-corrected chi connectivity index (χ1v) is 8.44. The van der Waals surface area contributed by atoms with E-state index in [1.54, 1.807) is 13.2 Å². The zero-order valence-corrected chi connectivity index (χ0v) is 14.5. The van der Waals surface area contributed by atoms with Gasteiger partial charge < -0.3 is 19.8 Å². The van der Waals surface area contributed by atoms with Gasteiger partial charge in [-0.2, -0.15) is 0 Å². The molecule has 1 saturated heterocycles. The molecular weight excluding hydrogens is 338 g/mol. The van der Waals surface area contributed by atoms with Gasteiger partial charge in [0.05, 0.1) is 19.8 Å². The van der Waals surface area contributed by atoms with Gasteiger partial charge >= 0.3 is 5.69 Å². The quantitative estimate of drug-likeness (QED) is 0.789. The van der Waals surface area contributed by atoms with Gasteiger partial charge in [-0.25, -0.2) is 4.79 Å². The monoisotopic (exact) mass is 359 g/mol. The Bertz CT molecular complexity index is 896. The highest BCUT2D eigenvalue weighted by molar-refractivity contribution is 5.93. The number of benzene rings is 1. The second-order valence-electron chi connectivity index (χ2n) is 6.05. The lowest BCUT2D eigenvalue weighted by Crippen LogP contribution is -2.42. The van der Waals surface area contributed by atoms with Crippen molar-refractivity contribution < 1.29 is 14.3 Å². The summed E-state index contributed by atoms with van der Waals surface area (Å²) in [7, 11) is 1.55. The number of H-pyrrole nitrogens is 1. The third kappa shape index (κ3) is 3.85. The van der Waals surface area contributed by atoms with Gasteiger partial charge in [0.25, 0.3) is 11.5 Å². The van der Waals surface area contributed by atoms with Gasteiger partial charge in [0.2, 0.25) is 0 Å². The summed E-state index contributed by atoms with van der Waals surface area (Å²) < 4.78 is 11.7. The van der Waals surface area contributed by atoms with Crippen LogP contribution in [0.4, 0.5) is 0 Å². The lowest BCUT2D eigenvalue weighted by Gasteiger charge is -2.12. The fourth-order valence-corrected chi connectivity index (χ4v) is 2.95. The van der Waals surface area contributed by atoms with Crippen molar-refractivity contribution in [2.45, 2.75) is 32.0 Å². The fourth-order valence-electron chi connectivity index (χ4n) is 2.95. The van der Waals surface area contributed by atoms with Crippen molar-refractivity contribution >= 4 is 5.91 Å².